The minimum Gasteiger partial charge on any atom is -0.391 e. The van der Waals surface area contributed by atoms with Crippen LogP contribution in [0.15, 0.2) is 55.2 Å². The van der Waals surface area contributed by atoms with Crippen molar-refractivity contribution in [3.8, 4) is 11.3 Å². The van der Waals surface area contributed by atoms with E-state index in [-0.39, 0.29) is 12.1 Å². The number of aryl methyl sites for hydroxylation is 1. The number of rotatable bonds is 6. The van der Waals surface area contributed by atoms with Gasteiger partial charge < -0.3 is 15.0 Å². The third kappa shape index (κ3) is 3.57. The first-order chi connectivity index (χ1) is 12.7. The Morgan fingerprint density at radius 3 is 2.85 bits per heavy atom. The Hall–Kier alpha value is -2.44. The van der Waals surface area contributed by atoms with E-state index in [1.165, 1.54) is 11.1 Å². The average Bonchev–Trinajstić information content (AvgIpc) is 3.36. The van der Waals surface area contributed by atoms with Crippen LogP contribution in [-0.2, 0) is 20.1 Å². The zero-order chi connectivity index (χ0) is 17.9. The van der Waals surface area contributed by atoms with Crippen molar-refractivity contribution >= 4 is 0 Å². The Labute approximate surface area is 153 Å². The van der Waals surface area contributed by atoms with E-state index in [4.69, 9.17) is 0 Å². The SMILES string of the molecule is Cn1nccc1-c1ccccc1CN[C@@H]1CC(Cn2ccnc2)C[C@H]1O. The lowest BCUT2D eigenvalue weighted by molar-refractivity contribution is 0.145. The number of benzene rings is 1. The van der Waals surface area contributed by atoms with Crippen LogP contribution in [0.4, 0.5) is 0 Å². The maximum absolute atomic E-state index is 10.5. The highest BCUT2D eigenvalue weighted by atomic mass is 16.3. The van der Waals surface area contributed by atoms with E-state index in [1.807, 2.05) is 36.5 Å². The molecule has 4 rings (SSSR count). The summed E-state index contributed by atoms with van der Waals surface area (Å²) < 4.78 is 3.99. The van der Waals surface area contributed by atoms with E-state index in [9.17, 15) is 5.11 Å². The lowest BCUT2D eigenvalue weighted by atomic mass is 10.0. The Kier molecular flexibility index (Phi) is 4.86. The van der Waals surface area contributed by atoms with Crippen LogP contribution in [0.2, 0.25) is 0 Å². The summed E-state index contributed by atoms with van der Waals surface area (Å²) in [6.07, 6.45) is 8.96. The highest BCUT2D eigenvalue weighted by molar-refractivity contribution is 5.63. The van der Waals surface area contributed by atoms with Crippen LogP contribution < -0.4 is 5.32 Å². The summed E-state index contributed by atoms with van der Waals surface area (Å²) in [5, 5.41) is 18.3. The Morgan fingerprint density at radius 1 is 1.19 bits per heavy atom. The lowest BCUT2D eigenvalue weighted by Gasteiger charge is -2.18. The van der Waals surface area contributed by atoms with Gasteiger partial charge in [-0.3, -0.25) is 4.68 Å². The van der Waals surface area contributed by atoms with Crippen LogP contribution >= 0.6 is 0 Å². The molecule has 0 spiro atoms. The molecule has 0 amide bonds. The smallest absolute Gasteiger partial charge is 0.0945 e. The molecular weight excluding hydrogens is 326 g/mol. The molecule has 3 aromatic rings. The minimum absolute atomic E-state index is 0.128. The monoisotopic (exact) mass is 351 g/mol. The summed E-state index contributed by atoms with van der Waals surface area (Å²) in [6.45, 7) is 1.65. The number of aliphatic hydroxyl groups is 1. The molecule has 2 aromatic heterocycles. The molecule has 1 fully saturated rings. The van der Waals surface area contributed by atoms with E-state index < -0.39 is 0 Å². The maximum atomic E-state index is 10.5. The van der Waals surface area contributed by atoms with Gasteiger partial charge in [0.15, 0.2) is 0 Å². The predicted octanol–water partition coefficient (Wildman–Crippen LogP) is 2.21. The fourth-order valence-corrected chi connectivity index (χ4v) is 3.98. The van der Waals surface area contributed by atoms with Crippen molar-refractivity contribution in [3.05, 3.63) is 60.8 Å². The van der Waals surface area contributed by atoms with Crippen LogP contribution in [0, 0.1) is 5.92 Å². The van der Waals surface area contributed by atoms with Crippen molar-refractivity contribution in [2.24, 2.45) is 13.0 Å². The molecule has 26 heavy (non-hydrogen) atoms. The van der Waals surface area contributed by atoms with Gasteiger partial charge in [-0.15, -0.1) is 0 Å². The number of aliphatic hydroxyl groups excluding tert-OH is 1. The highest BCUT2D eigenvalue weighted by Crippen LogP contribution is 2.29. The van der Waals surface area contributed by atoms with E-state index in [1.54, 1.807) is 6.20 Å². The van der Waals surface area contributed by atoms with Crippen molar-refractivity contribution in [1.29, 1.82) is 0 Å². The van der Waals surface area contributed by atoms with Gasteiger partial charge in [0.25, 0.3) is 0 Å². The molecule has 2 N–H and O–H groups in total. The average molecular weight is 351 g/mol. The van der Waals surface area contributed by atoms with E-state index in [2.05, 4.69) is 44.2 Å². The topological polar surface area (TPSA) is 67.9 Å². The van der Waals surface area contributed by atoms with Crippen LogP contribution in [0.5, 0.6) is 0 Å². The van der Waals surface area contributed by atoms with Crippen molar-refractivity contribution in [2.45, 2.75) is 38.1 Å². The van der Waals surface area contributed by atoms with E-state index in [0.717, 1.165) is 31.6 Å². The molecule has 1 aliphatic carbocycles. The number of nitrogens with zero attached hydrogens (tertiary/aromatic N) is 4. The van der Waals surface area contributed by atoms with Crippen LogP contribution in [-0.4, -0.2) is 36.6 Å². The van der Waals surface area contributed by atoms with Gasteiger partial charge in [-0.25, -0.2) is 4.98 Å². The fraction of sp³-hybridized carbons (Fsp3) is 0.400. The summed E-state index contributed by atoms with van der Waals surface area (Å²) in [7, 11) is 1.96. The van der Waals surface area contributed by atoms with Crippen molar-refractivity contribution in [3.63, 3.8) is 0 Å². The van der Waals surface area contributed by atoms with E-state index in [0.29, 0.717) is 5.92 Å². The first-order valence-corrected chi connectivity index (χ1v) is 9.14. The summed E-state index contributed by atoms with van der Waals surface area (Å²) >= 11 is 0. The summed E-state index contributed by atoms with van der Waals surface area (Å²) in [6, 6.07) is 10.5. The first-order valence-electron chi connectivity index (χ1n) is 9.14. The van der Waals surface area contributed by atoms with Gasteiger partial charge in [-0.1, -0.05) is 24.3 Å². The molecule has 136 valence electrons. The number of imidazole rings is 1. The standard InChI is InChI=1S/C20H25N5O/c1-24-19(6-7-23-24)17-5-3-2-4-16(17)12-22-18-10-15(11-20(18)26)13-25-9-8-21-14-25/h2-9,14-15,18,20,22,26H,10-13H2,1H3/t15?,18-,20-/m1/s1. The second-order valence-electron chi connectivity index (χ2n) is 7.15. The van der Waals surface area contributed by atoms with Crippen molar-refractivity contribution < 1.29 is 5.11 Å². The third-order valence-electron chi connectivity index (χ3n) is 5.32. The largest absolute Gasteiger partial charge is 0.391 e. The number of hydrogen-bond donors (Lipinski definition) is 2. The van der Waals surface area contributed by atoms with Gasteiger partial charge in [0, 0.05) is 50.3 Å². The molecule has 1 saturated carbocycles. The van der Waals surface area contributed by atoms with Crippen LogP contribution in [0.1, 0.15) is 18.4 Å². The Balaban J connectivity index is 1.41. The minimum atomic E-state index is -0.299. The zero-order valence-corrected chi connectivity index (χ0v) is 15.0. The second kappa shape index (κ2) is 7.43. The number of aromatic nitrogens is 4. The molecule has 1 aliphatic rings. The molecule has 3 atom stereocenters. The van der Waals surface area contributed by atoms with E-state index >= 15 is 0 Å². The summed E-state index contributed by atoms with van der Waals surface area (Å²) in [4.78, 5) is 4.10. The molecule has 1 aromatic carbocycles. The molecule has 0 aliphatic heterocycles. The van der Waals surface area contributed by atoms with Gasteiger partial charge in [-0.2, -0.15) is 5.10 Å². The summed E-state index contributed by atoms with van der Waals surface area (Å²) in [5.41, 5.74) is 3.51. The zero-order valence-electron chi connectivity index (χ0n) is 15.0. The van der Waals surface area contributed by atoms with Gasteiger partial charge in [0.05, 0.1) is 18.1 Å². The molecule has 6 heteroatoms. The fourth-order valence-electron chi connectivity index (χ4n) is 3.98. The van der Waals surface area contributed by atoms with Crippen LogP contribution in [0.3, 0.4) is 0 Å². The molecule has 2 heterocycles. The molecule has 0 saturated heterocycles. The van der Waals surface area contributed by atoms with Gasteiger partial charge in [0.1, 0.15) is 0 Å². The van der Waals surface area contributed by atoms with Gasteiger partial charge in [-0.05, 0) is 30.4 Å². The molecule has 1 unspecified atom stereocenters. The number of hydrogen-bond acceptors (Lipinski definition) is 4. The van der Waals surface area contributed by atoms with Crippen molar-refractivity contribution in [2.75, 3.05) is 0 Å². The first kappa shape index (κ1) is 17.0. The molecule has 0 bridgehead atoms. The van der Waals surface area contributed by atoms with Gasteiger partial charge in [0.2, 0.25) is 0 Å². The highest BCUT2D eigenvalue weighted by Gasteiger charge is 2.32. The normalized spacial score (nSPS) is 22.8. The molecular formula is C20H25N5O. The maximum Gasteiger partial charge on any atom is 0.0945 e. The van der Waals surface area contributed by atoms with Crippen LogP contribution in [0.25, 0.3) is 11.3 Å². The summed E-state index contributed by atoms with van der Waals surface area (Å²) in [5.74, 6) is 0.476. The second-order valence-corrected chi connectivity index (χ2v) is 7.15. The molecule has 0 radical (unpaired) electrons. The Morgan fingerprint density at radius 2 is 2.08 bits per heavy atom. The molecule has 6 nitrogen and oxygen atoms in total. The number of nitrogens with one attached hydrogen (secondary N) is 1. The quantitative estimate of drug-likeness (QED) is 0.714. The Bertz CT molecular complexity index is 842. The van der Waals surface area contributed by atoms with Crippen molar-refractivity contribution in [1.82, 2.24) is 24.6 Å². The predicted molar refractivity (Wildman–Crippen MR) is 100 cm³/mol. The third-order valence-corrected chi connectivity index (χ3v) is 5.32. The lowest BCUT2D eigenvalue weighted by Crippen LogP contribution is -2.35. The van der Waals surface area contributed by atoms with Gasteiger partial charge >= 0.3 is 0 Å².